The van der Waals surface area contributed by atoms with Crippen molar-refractivity contribution in [2.45, 2.75) is 11.8 Å². The van der Waals surface area contributed by atoms with E-state index in [4.69, 9.17) is 20.5 Å². The van der Waals surface area contributed by atoms with Crippen LogP contribution < -0.4 is 8.92 Å². The van der Waals surface area contributed by atoms with Crippen LogP contribution in [0.1, 0.15) is 6.92 Å². The molecule has 0 bridgehead atoms. The second-order valence-electron chi connectivity index (χ2n) is 4.89. The summed E-state index contributed by atoms with van der Waals surface area (Å²) >= 11 is 6.11. The van der Waals surface area contributed by atoms with E-state index in [2.05, 4.69) is 4.98 Å². The number of fused-ring (bicyclic) bond motifs is 1. The Morgan fingerprint density at radius 2 is 1.83 bits per heavy atom. The summed E-state index contributed by atoms with van der Waals surface area (Å²) in [5.74, 6) is 0.721. The molecular formula is C17H14ClNO4S. The van der Waals surface area contributed by atoms with E-state index in [0.717, 1.165) is 0 Å². The summed E-state index contributed by atoms with van der Waals surface area (Å²) in [5.41, 5.74) is 0.388. The van der Waals surface area contributed by atoms with Crippen LogP contribution in [0.15, 0.2) is 59.6 Å². The third-order valence-corrected chi connectivity index (χ3v) is 4.88. The molecule has 5 nitrogen and oxygen atoms in total. The zero-order valence-corrected chi connectivity index (χ0v) is 14.3. The Kier molecular flexibility index (Phi) is 4.59. The molecule has 0 aliphatic heterocycles. The standard InChI is InChI=1S/C17H14ClNO4S/c1-2-22-12-5-7-13(8-6-12)24(20,21)23-16-10-9-15(18)14-4-3-11-19-17(14)16/h3-11H,2H2,1H3. The Bertz CT molecular complexity index is 972. The molecule has 0 atom stereocenters. The first kappa shape index (κ1) is 16.5. The van der Waals surface area contributed by atoms with Crippen LogP contribution in [0.25, 0.3) is 10.9 Å². The molecule has 1 aromatic heterocycles. The van der Waals surface area contributed by atoms with E-state index >= 15 is 0 Å². The predicted molar refractivity (Wildman–Crippen MR) is 92.2 cm³/mol. The first-order valence-electron chi connectivity index (χ1n) is 7.22. The largest absolute Gasteiger partial charge is 0.494 e. The number of rotatable bonds is 5. The second kappa shape index (κ2) is 6.67. The average Bonchev–Trinajstić information content (AvgIpc) is 2.58. The quantitative estimate of drug-likeness (QED) is 0.640. The van der Waals surface area contributed by atoms with Gasteiger partial charge in [-0.3, -0.25) is 4.98 Å². The highest BCUT2D eigenvalue weighted by Gasteiger charge is 2.19. The summed E-state index contributed by atoms with van der Waals surface area (Å²) < 4.78 is 35.5. The van der Waals surface area contributed by atoms with Crippen LogP contribution in [0.3, 0.4) is 0 Å². The lowest BCUT2D eigenvalue weighted by atomic mass is 10.2. The van der Waals surface area contributed by atoms with Crippen LogP contribution in [0.5, 0.6) is 11.5 Å². The van der Waals surface area contributed by atoms with Crippen molar-refractivity contribution >= 4 is 32.6 Å². The molecule has 7 heteroatoms. The van der Waals surface area contributed by atoms with Gasteiger partial charge in [-0.05, 0) is 55.5 Å². The lowest BCUT2D eigenvalue weighted by molar-refractivity contribution is 0.340. The predicted octanol–water partition coefficient (Wildman–Crippen LogP) is 4.05. The smallest absolute Gasteiger partial charge is 0.339 e. The molecule has 1 heterocycles. The Morgan fingerprint density at radius 3 is 2.54 bits per heavy atom. The van der Waals surface area contributed by atoms with Crippen molar-refractivity contribution in [2.75, 3.05) is 6.61 Å². The van der Waals surface area contributed by atoms with Crippen LogP contribution in [-0.4, -0.2) is 20.0 Å². The number of hydrogen-bond acceptors (Lipinski definition) is 5. The van der Waals surface area contributed by atoms with Crippen LogP contribution in [0.2, 0.25) is 5.02 Å². The molecule has 0 aliphatic carbocycles. The summed E-state index contributed by atoms with van der Waals surface area (Å²) in [6.07, 6.45) is 1.55. The third-order valence-electron chi connectivity index (χ3n) is 3.30. The van der Waals surface area contributed by atoms with Crippen LogP contribution in [0, 0.1) is 0 Å². The number of ether oxygens (including phenoxy) is 1. The van der Waals surface area contributed by atoms with Crippen molar-refractivity contribution in [3.8, 4) is 11.5 Å². The summed E-state index contributed by atoms with van der Waals surface area (Å²) in [5, 5.41) is 1.10. The highest BCUT2D eigenvalue weighted by atomic mass is 35.5. The molecule has 24 heavy (non-hydrogen) atoms. The minimum absolute atomic E-state index is 0.0324. The van der Waals surface area contributed by atoms with Gasteiger partial charge in [0.1, 0.15) is 16.2 Å². The first-order valence-corrected chi connectivity index (χ1v) is 9.00. The number of benzene rings is 2. The van der Waals surface area contributed by atoms with Gasteiger partial charge in [-0.15, -0.1) is 0 Å². The lowest BCUT2D eigenvalue weighted by Crippen LogP contribution is -2.10. The molecule has 0 radical (unpaired) electrons. The zero-order chi connectivity index (χ0) is 17.2. The van der Waals surface area contributed by atoms with Crippen LogP contribution in [0.4, 0.5) is 0 Å². The van der Waals surface area contributed by atoms with Crippen LogP contribution >= 0.6 is 11.6 Å². The zero-order valence-electron chi connectivity index (χ0n) is 12.8. The maximum absolute atomic E-state index is 12.5. The fourth-order valence-corrected chi connectivity index (χ4v) is 3.37. The van der Waals surface area contributed by atoms with E-state index in [1.165, 1.54) is 18.2 Å². The molecule has 0 spiro atoms. The van der Waals surface area contributed by atoms with E-state index in [0.29, 0.717) is 28.3 Å². The van der Waals surface area contributed by atoms with E-state index in [9.17, 15) is 8.42 Å². The minimum Gasteiger partial charge on any atom is -0.494 e. The fourth-order valence-electron chi connectivity index (χ4n) is 2.21. The average molecular weight is 364 g/mol. The molecule has 3 rings (SSSR count). The molecule has 2 aromatic carbocycles. The molecule has 0 saturated carbocycles. The monoisotopic (exact) mass is 363 g/mol. The number of hydrogen-bond donors (Lipinski definition) is 0. The van der Waals surface area contributed by atoms with E-state index < -0.39 is 10.1 Å². The third kappa shape index (κ3) is 3.29. The van der Waals surface area contributed by atoms with Gasteiger partial charge in [0.15, 0.2) is 5.75 Å². The van der Waals surface area contributed by atoms with Gasteiger partial charge in [0.05, 0.1) is 11.6 Å². The number of nitrogens with zero attached hydrogens (tertiary/aromatic N) is 1. The van der Waals surface area contributed by atoms with Crippen molar-refractivity contribution in [3.05, 3.63) is 59.8 Å². The number of halogens is 1. The van der Waals surface area contributed by atoms with Gasteiger partial charge in [-0.2, -0.15) is 8.42 Å². The Balaban J connectivity index is 1.96. The molecule has 0 unspecified atom stereocenters. The molecule has 0 amide bonds. The molecule has 0 aliphatic rings. The van der Waals surface area contributed by atoms with Gasteiger partial charge in [0.25, 0.3) is 0 Å². The van der Waals surface area contributed by atoms with Crippen molar-refractivity contribution < 1.29 is 17.3 Å². The highest BCUT2D eigenvalue weighted by Crippen LogP contribution is 2.31. The normalized spacial score (nSPS) is 11.4. The van der Waals surface area contributed by atoms with E-state index in [-0.39, 0.29) is 10.6 Å². The van der Waals surface area contributed by atoms with Gasteiger partial charge in [-0.25, -0.2) is 0 Å². The van der Waals surface area contributed by atoms with Gasteiger partial charge in [0, 0.05) is 11.6 Å². The molecular weight excluding hydrogens is 350 g/mol. The second-order valence-corrected chi connectivity index (χ2v) is 6.84. The Hall–Kier alpha value is -2.31. The van der Waals surface area contributed by atoms with Crippen LogP contribution in [-0.2, 0) is 10.1 Å². The highest BCUT2D eigenvalue weighted by molar-refractivity contribution is 7.87. The van der Waals surface area contributed by atoms with Crippen molar-refractivity contribution in [1.29, 1.82) is 0 Å². The molecule has 124 valence electrons. The first-order chi connectivity index (χ1) is 11.5. The van der Waals surface area contributed by atoms with Gasteiger partial charge in [-0.1, -0.05) is 11.6 Å². The maximum Gasteiger partial charge on any atom is 0.339 e. The SMILES string of the molecule is CCOc1ccc(S(=O)(=O)Oc2ccc(Cl)c3cccnc23)cc1. The summed E-state index contributed by atoms with van der Waals surface area (Å²) in [7, 11) is -3.99. The summed E-state index contributed by atoms with van der Waals surface area (Å²) in [4.78, 5) is 4.20. The lowest BCUT2D eigenvalue weighted by Gasteiger charge is -2.10. The Morgan fingerprint density at radius 1 is 1.08 bits per heavy atom. The van der Waals surface area contributed by atoms with E-state index in [1.807, 2.05) is 6.92 Å². The van der Waals surface area contributed by atoms with Gasteiger partial charge in [0.2, 0.25) is 0 Å². The maximum atomic E-state index is 12.5. The topological polar surface area (TPSA) is 65.5 Å². The van der Waals surface area contributed by atoms with Crippen molar-refractivity contribution in [3.63, 3.8) is 0 Å². The van der Waals surface area contributed by atoms with E-state index in [1.54, 1.807) is 36.5 Å². The van der Waals surface area contributed by atoms with Gasteiger partial charge < -0.3 is 8.92 Å². The van der Waals surface area contributed by atoms with Crippen molar-refractivity contribution in [1.82, 2.24) is 4.98 Å². The number of pyridine rings is 1. The van der Waals surface area contributed by atoms with Crippen molar-refractivity contribution in [2.24, 2.45) is 0 Å². The molecule has 0 saturated heterocycles. The Labute approximate surface area is 144 Å². The molecule has 0 fully saturated rings. The fraction of sp³-hybridized carbons (Fsp3) is 0.118. The molecule has 3 aromatic rings. The van der Waals surface area contributed by atoms with Gasteiger partial charge >= 0.3 is 10.1 Å². The number of aromatic nitrogens is 1. The summed E-state index contributed by atoms with van der Waals surface area (Å²) in [6.45, 7) is 2.36. The summed E-state index contributed by atoms with van der Waals surface area (Å²) in [6, 6.07) is 12.6. The molecule has 0 N–H and O–H groups in total. The minimum atomic E-state index is -3.99.